The van der Waals surface area contributed by atoms with Crippen molar-refractivity contribution in [3.63, 3.8) is 0 Å². The molecule has 0 saturated heterocycles. The lowest BCUT2D eigenvalue weighted by Crippen LogP contribution is -1.91. The zero-order valence-corrected chi connectivity index (χ0v) is 14.0. The summed E-state index contributed by atoms with van der Waals surface area (Å²) in [6, 6.07) is 35.3. The molecule has 0 unspecified atom stereocenters. The lowest BCUT2D eigenvalue weighted by molar-refractivity contribution is 1.32. The molecular formula is C24H17N-2. The average molecular weight is 319 g/mol. The molecule has 0 radical (unpaired) electrons. The molecule has 0 aliphatic rings. The minimum atomic E-state index is 0.922. The smallest absolute Gasteiger partial charge is 0.0198 e. The molecule has 1 heterocycles. The Kier molecular flexibility index (Phi) is 4.14. The van der Waals surface area contributed by atoms with Gasteiger partial charge in [0.2, 0.25) is 0 Å². The number of benzene rings is 3. The Labute approximate surface area is 148 Å². The molecule has 0 atom stereocenters. The van der Waals surface area contributed by atoms with Crippen molar-refractivity contribution in [2.45, 2.75) is 6.92 Å². The number of hydrogen-bond donors (Lipinski definition) is 0. The summed E-state index contributed by atoms with van der Waals surface area (Å²) in [4.78, 5) is 4.85. The van der Waals surface area contributed by atoms with E-state index >= 15 is 0 Å². The van der Waals surface area contributed by atoms with Gasteiger partial charge in [-0.1, -0.05) is 42.0 Å². The van der Waals surface area contributed by atoms with Gasteiger partial charge in [0, 0.05) is 0 Å². The molecule has 1 heteroatoms. The normalized spacial score (nSPS) is 10.6. The van der Waals surface area contributed by atoms with Crippen molar-refractivity contribution >= 4 is 0 Å². The molecule has 1 aromatic heterocycles. The Morgan fingerprint density at radius 1 is 0.640 bits per heavy atom. The van der Waals surface area contributed by atoms with Gasteiger partial charge in [0.25, 0.3) is 0 Å². The molecule has 4 aromatic rings. The van der Waals surface area contributed by atoms with Gasteiger partial charge in [-0.3, -0.25) is 0 Å². The number of nitrogens with zero attached hydrogens (tertiary/aromatic N) is 1. The van der Waals surface area contributed by atoms with E-state index in [2.05, 4.69) is 55.5 Å². The highest BCUT2D eigenvalue weighted by Crippen LogP contribution is 2.29. The predicted octanol–water partition coefficient (Wildman–Crippen LogP) is 5.99. The van der Waals surface area contributed by atoms with Crippen molar-refractivity contribution < 1.29 is 0 Å². The van der Waals surface area contributed by atoms with E-state index in [-0.39, 0.29) is 0 Å². The summed E-state index contributed by atoms with van der Waals surface area (Å²) in [7, 11) is 0. The highest BCUT2D eigenvalue weighted by molar-refractivity contribution is 5.76. The molecule has 0 amide bonds. The quantitative estimate of drug-likeness (QED) is 0.423. The van der Waals surface area contributed by atoms with Crippen LogP contribution in [0, 0.1) is 19.1 Å². The van der Waals surface area contributed by atoms with Gasteiger partial charge in [-0.2, -0.15) is 0 Å². The van der Waals surface area contributed by atoms with Crippen LogP contribution in [0.15, 0.2) is 84.9 Å². The second-order valence-electron chi connectivity index (χ2n) is 6.04. The van der Waals surface area contributed by atoms with Crippen molar-refractivity contribution in [1.82, 2.24) is 4.98 Å². The summed E-state index contributed by atoms with van der Waals surface area (Å²) in [5.74, 6) is 0. The number of pyridine rings is 1. The molecule has 0 aliphatic heterocycles. The van der Waals surface area contributed by atoms with Gasteiger partial charge < -0.3 is 4.98 Å². The fourth-order valence-electron chi connectivity index (χ4n) is 2.82. The zero-order chi connectivity index (χ0) is 17.1. The number of aromatic nitrogens is 1. The first-order valence-corrected chi connectivity index (χ1v) is 8.33. The van der Waals surface area contributed by atoms with Gasteiger partial charge in [0.15, 0.2) is 0 Å². The van der Waals surface area contributed by atoms with Crippen LogP contribution in [0.1, 0.15) is 5.56 Å². The Hall–Kier alpha value is -3.19. The second kappa shape index (κ2) is 6.74. The molecule has 25 heavy (non-hydrogen) atoms. The lowest BCUT2D eigenvalue weighted by atomic mass is 9.99. The Balaban J connectivity index is 1.90. The number of aryl methyl sites for hydroxylation is 1. The van der Waals surface area contributed by atoms with Crippen LogP contribution >= 0.6 is 0 Å². The SMILES string of the molecule is Cc1ccc(-c2cc(-c3[c-]cccc3)nc(-c3[c-]cccc3)c2)cc1. The topological polar surface area (TPSA) is 12.9 Å². The van der Waals surface area contributed by atoms with Crippen molar-refractivity contribution in [3.05, 3.63) is 103 Å². The Morgan fingerprint density at radius 2 is 1.20 bits per heavy atom. The fraction of sp³-hybridized carbons (Fsp3) is 0.0417. The maximum absolute atomic E-state index is 4.85. The molecular weight excluding hydrogens is 302 g/mol. The molecule has 0 aliphatic carbocycles. The van der Waals surface area contributed by atoms with Gasteiger partial charge in [-0.25, -0.2) is 0 Å². The van der Waals surface area contributed by atoms with Crippen LogP contribution in [0.3, 0.4) is 0 Å². The molecule has 0 fully saturated rings. The van der Waals surface area contributed by atoms with E-state index in [1.165, 1.54) is 11.1 Å². The molecule has 1 nitrogen and oxygen atoms in total. The first-order chi connectivity index (χ1) is 12.3. The Morgan fingerprint density at radius 3 is 1.68 bits per heavy atom. The summed E-state index contributed by atoms with van der Waals surface area (Å²) in [5, 5.41) is 0. The first-order valence-electron chi connectivity index (χ1n) is 8.33. The van der Waals surface area contributed by atoms with Gasteiger partial charge in [-0.15, -0.1) is 71.8 Å². The minimum Gasteiger partial charge on any atom is -0.345 e. The summed E-state index contributed by atoms with van der Waals surface area (Å²) in [5.41, 5.74) is 7.42. The highest BCUT2D eigenvalue weighted by Gasteiger charge is 2.02. The molecule has 0 N–H and O–H groups in total. The van der Waals surface area contributed by atoms with Crippen LogP contribution in [0.2, 0.25) is 0 Å². The predicted molar refractivity (Wildman–Crippen MR) is 103 cm³/mol. The zero-order valence-electron chi connectivity index (χ0n) is 14.0. The summed E-state index contributed by atoms with van der Waals surface area (Å²) < 4.78 is 0. The van der Waals surface area contributed by atoms with E-state index in [1.807, 2.05) is 48.5 Å². The fourth-order valence-corrected chi connectivity index (χ4v) is 2.82. The van der Waals surface area contributed by atoms with Crippen LogP contribution in [-0.2, 0) is 0 Å². The van der Waals surface area contributed by atoms with E-state index in [0.717, 1.165) is 28.1 Å². The third kappa shape index (κ3) is 3.36. The van der Waals surface area contributed by atoms with Crippen LogP contribution in [0.5, 0.6) is 0 Å². The van der Waals surface area contributed by atoms with Crippen LogP contribution < -0.4 is 0 Å². The first kappa shape index (κ1) is 15.3. The summed E-state index contributed by atoms with van der Waals surface area (Å²) >= 11 is 0. The molecule has 0 bridgehead atoms. The van der Waals surface area contributed by atoms with Crippen LogP contribution in [-0.4, -0.2) is 4.98 Å². The van der Waals surface area contributed by atoms with Crippen LogP contribution in [0.4, 0.5) is 0 Å². The van der Waals surface area contributed by atoms with E-state index < -0.39 is 0 Å². The van der Waals surface area contributed by atoms with E-state index in [1.54, 1.807) is 0 Å². The van der Waals surface area contributed by atoms with E-state index in [9.17, 15) is 0 Å². The van der Waals surface area contributed by atoms with Gasteiger partial charge >= 0.3 is 0 Å². The minimum absolute atomic E-state index is 0.922. The molecule has 4 rings (SSSR count). The largest absolute Gasteiger partial charge is 0.345 e. The van der Waals surface area contributed by atoms with Crippen molar-refractivity contribution in [1.29, 1.82) is 0 Å². The molecule has 0 spiro atoms. The number of rotatable bonds is 3. The van der Waals surface area contributed by atoms with Crippen molar-refractivity contribution in [3.8, 4) is 33.6 Å². The highest BCUT2D eigenvalue weighted by atomic mass is 14.7. The average Bonchev–Trinajstić information content (AvgIpc) is 2.69. The summed E-state index contributed by atoms with van der Waals surface area (Å²) in [6.07, 6.45) is 0. The maximum atomic E-state index is 4.85. The van der Waals surface area contributed by atoms with Crippen molar-refractivity contribution in [2.24, 2.45) is 0 Å². The van der Waals surface area contributed by atoms with Gasteiger partial charge in [0.1, 0.15) is 0 Å². The van der Waals surface area contributed by atoms with E-state index in [0.29, 0.717) is 0 Å². The molecule has 0 saturated carbocycles. The monoisotopic (exact) mass is 319 g/mol. The van der Waals surface area contributed by atoms with E-state index in [4.69, 9.17) is 4.98 Å². The van der Waals surface area contributed by atoms with Crippen LogP contribution in [0.25, 0.3) is 33.6 Å². The molecule has 3 aromatic carbocycles. The second-order valence-corrected chi connectivity index (χ2v) is 6.04. The third-order valence-corrected chi connectivity index (χ3v) is 4.18. The van der Waals surface area contributed by atoms with Crippen molar-refractivity contribution in [2.75, 3.05) is 0 Å². The summed E-state index contributed by atoms with van der Waals surface area (Å²) in [6.45, 7) is 2.10. The van der Waals surface area contributed by atoms with Gasteiger partial charge in [0.05, 0.1) is 0 Å². The Bertz CT molecular complexity index is 914. The molecule has 120 valence electrons. The standard InChI is InChI=1S/C24H17N/c1-18-12-14-19(15-13-18)22-16-23(20-8-4-2-5-9-20)25-24(17-22)21-10-6-3-7-11-21/h2-8,10,12-17H,1H3/q-2. The lowest BCUT2D eigenvalue weighted by Gasteiger charge is -2.17. The number of hydrogen-bond acceptors (Lipinski definition) is 1. The third-order valence-electron chi connectivity index (χ3n) is 4.18. The maximum Gasteiger partial charge on any atom is -0.0198 e. The van der Waals surface area contributed by atoms with Gasteiger partial charge in [-0.05, 0) is 29.4 Å².